The number of hydrogen-bond donors (Lipinski definition) is 0. The van der Waals surface area contributed by atoms with E-state index in [1.807, 2.05) is 60.7 Å². The highest BCUT2D eigenvalue weighted by Gasteiger charge is 2.26. The summed E-state index contributed by atoms with van der Waals surface area (Å²) >= 11 is 0. The van der Waals surface area contributed by atoms with Crippen LogP contribution >= 0.6 is 0 Å². The molecule has 1 amide bonds. The Kier molecular flexibility index (Phi) is 18.9. The average molecular weight is 676 g/mol. The molecule has 266 valence electrons. The minimum absolute atomic E-state index is 0.154. The maximum absolute atomic E-state index is 13.8. The van der Waals surface area contributed by atoms with Crippen molar-refractivity contribution in [2.75, 3.05) is 39.5 Å². The van der Waals surface area contributed by atoms with Gasteiger partial charge >= 0.3 is 11.9 Å². The van der Waals surface area contributed by atoms with Crippen molar-refractivity contribution in [1.82, 2.24) is 4.90 Å². The van der Waals surface area contributed by atoms with E-state index in [4.69, 9.17) is 23.7 Å². The molecule has 0 radical (unpaired) electrons. The first-order valence-electron chi connectivity index (χ1n) is 17.7. The Morgan fingerprint density at radius 3 is 1.57 bits per heavy atom. The van der Waals surface area contributed by atoms with Gasteiger partial charge < -0.3 is 28.6 Å². The van der Waals surface area contributed by atoms with Gasteiger partial charge in [-0.2, -0.15) is 0 Å². The molecule has 0 aliphatic heterocycles. The van der Waals surface area contributed by atoms with Crippen LogP contribution in [0.2, 0.25) is 0 Å². The minimum Gasteiger partial charge on any atom is -0.494 e. The molecule has 3 aromatic carbocycles. The van der Waals surface area contributed by atoms with E-state index in [2.05, 4.69) is 0 Å². The SMILES string of the molecule is CCOC(=O)CN(CC(=O)OCC)C(=O)c1cc(OCCCCCCCCCCCCOc2ccccc2)ccc1OCc1ccccc1. The van der Waals surface area contributed by atoms with Gasteiger partial charge in [-0.25, -0.2) is 0 Å². The topological polar surface area (TPSA) is 101 Å². The number of ether oxygens (including phenoxy) is 5. The van der Waals surface area contributed by atoms with Crippen molar-refractivity contribution in [1.29, 1.82) is 0 Å². The van der Waals surface area contributed by atoms with Gasteiger partial charge in [-0.3, -0.25) is 14.4 Å². The lowest BCUT2D eigenvalue weighted by atomic mass is 10.1. The van der Waals surface area contributed by atoms with Crippen LogP contribution < -0.4 is 14.2 Å². The quantitative estimate of drug-likeness (QED) is 0.0655. The Labute approximate surface area is 291 Å². The minimum atomic E-state index is -0.621. The molecule has 3 rings (SSSR count). The summed E-state index contributed by atoms with van der Waals surface area (Å²) < 4.78 is 28.0. The predicted molar refractivity (Wildman–Crippen MR) is 190 cm³/mol. The Bertz CT molecular complexity index is 1350. The third kappa shape index (κ3) is 15.9. The van der Waals surface area contributed by atoms with Gasteiger partial charge in [-0.15, -0.1) is 0 Å². The number of carbonyl (C=O) groups excluding carboxylic acids is 3. The summed E-state index contributed by atoms with van der Waals surface area (Å²) in [5.74, 6) is -0.0315. The fourth-order valence-corrected chi connectivity index (χ4v) is 5.24. The van der Waals surface area contributed by atoms with E-state index >= 15 is 0 Å². The smallest absolute Gasteiger partial charge is 0.325 e. The number of nitrogens with zero attached hydrogens (tertiary/aromatic N) is 1. The zero-order valence-electron chi connectivity index (χ0n) is 29.2. The molecular formula is C40H53NO8. The van der Waals surface area contributed by atoms with Crippen molar-refractivity contribution in [3.63, 3.8) is 0 Å². The molecule has 0 spiro atoms. The van der Waals surface area contributed by atoms with Crippen LogP contribution in [0.4, 0.5) is 0 Å². The van der Waals surface area contributed by atoms with E-state index in [0.29, 0.717) is 18.1 Å². The maximum Gasteiger partial charge on any atom is 0.325 e. The lowest BCUT2D eigenvalue weighted by molar-refractivity contribution is -0.147. The number of carbonyl (C=O) groups is 3. The van der Waals surface area contributed by atoms with Crippen LogP contribution in [0.1, 0.15) is 94.0 Å². The van der Waals surface area contributed by atoms with Crippen LogP contribution in [-0.2, 0) is 25.7 Å². The fourth-order valence-electron chi connectivity index (χ4n) is 5.24. The van der Waals surface area contributed by atoms with Crippen molar-refractivity contribution in [3.05, 3.63) is 90.0 Å². The highest BCUT2D eigenvalue weighted by molar-refractivity contribution is 6.00. The number of rotatable bonds is 25. The molecule has 9 nitrogen and oxygen atoms in total. The third-order valence-corrected chi connectivity index (χ3v) is 7.78. The predicted octanol–water partition coefficient (Wildman–Crippen LogP) is 8.19. The highest BCUT2D eigenvalue weighted by Crippen LogP contribution is 2.27. The van der Waals surface area contributed by atoms with Gasteiger partial charge in [-0.05, 0) is 62.6 Å². The van der Waals surface area contributed by atoms with Gasteiger partial charge in [-0.1, -0.05) is 99.9 Å². The monoisotopic (exact) mass is 675 g/mol. The second-order valence-corrected chi connectivity index (χ2v) is 11.7. The summed E-state index contributed by atoms with van der Waals surface area (Å²) in [4.78, 5) is 39.6. The summed E-state index contributed by atoms with van der Waals surface area (Å²) in [7, 11) is 0. The standard InChI is InChI=1S/C40H53NO8/c1-3-45-38(42)30-41(31-39(43)46-4-2)40(44)36-29-35(25-26-37(36)49-32-33-21-15-13-16-22-33)48-28-20-12-10-8-6-5-7-9-11-19-27-47-34-23-17-14-18-24-34/h13-18,21-26,29H,3-12,19-20,27-28,30-32H2,1-2H3. The second-order valence-electron chi connectivity index (χ2n) is 11.7. The Morgan fingerprint density at radius 2 is 1.04 bits per heavy atom. The van der Waals surface area contributed by atoms with E-state index in [-0.39, 0.29) is 25.4 Å². The third-order valence-electron chi connectivity index (χ3n) is 7.78. The van der Waals surface area contributed by atoms with E-state index < -0.39 is 30.9 Å². The van der Waals surface area contributed by atoms with Crippen molar-refractivity contribution >= 4 is 17.8 Å². The normalized spacial score (nSPS) is 10.7. The summed E-state index contributed by atoms with van der Waals surface area (Å²) in [6.07, 6.45) is 11.6. The summed E-state index contributed by atoms with van der Waals surface area (Å²) in [6, 6.07) is 24.6. The maximum atomic E-state index is 13.8. The van der Waals surface area contributed by atoms with Crippen LogP contribution in [-0.4, -0.2) is 62.3 Å². The first-order chi connectivity index (χ1) is 24.0. The molecule has 0 saturated heterocycles. The van der Waals surface area contributed by atoms with Crippen LogP contribution in [0.3, 0.4) is 0 Å². The van der Waals surface area contributed by atoms with Crippen molar-refractivity contribution in [2.45, 2.75) is 84.7 Å². The van der Waals surface area contributed by atoms with Gasteiger partial charge in [0.15, 0.2) is 0 Å². The average Bonchev–Trinajstić information content (AvgIpc) is 3.11. The lowest BCUT2D eigenvalue weighted by Gasteiger charge is -2.22. The highest BCUT2D eigenvalue weighted by atomic mass is 16.5. The van der Waals surface area contributed by atoms with E-state index in [0.717, 1.165) is 48.5 Å². The van der Waals surface area contributed by atoms with Crippen LogP contribution in [0.5, 0.6) is 17.2 Å². The number of benzene rings is 3. The van der Waals surface area contributed by atoms with Gasteiger partial charge in [0, 0.05) is 0 Å². The van der Waals surface area contributed by atoms with Crippen LogP contribution in [0.25, 0.3) is 0 Å². The zero-order valence-corrected chi connectivity index (χ0v) is 29.2. The first-order valence-corrected chi connectivity index (χ1v) is 17.7. The molecule has 49 heavy (non-hydrogen) atoms. The second kappa shape index (κ2) is 23.7. The number of unbranched alkanes of at least 4 members (excludes halogenated alkanes) is 9. The molecule has 0 aliphatic rings. The molecule has 0 bridgehead atoms. The number of amides is 1. The van der Waals surface area contributed by atoms with Gasteiger partial charge in [0.1, 0.15) is 36.9 Å². The Balaban J connectivity index is 1.45. The Hall–Kier alpha value is -4.53. The zero-order chi connectivity index (χ0) is 34.9. The van der Waals surface area contributed by atoms with Gasteiger partial charge in [0.05, 0.1) is 32.0 Å². The molecule has 0 unspecified atom stereocenters. The van der Waals surface area contributed by atoms with Gasteiger partial charge in [0.2, 0.25) is 0 Å². The molecule has 0 atom stereocenters. The van der Waals surface area contributed by atoms with Gasteiger partial charge in [0.25, 0.3) is 5.91 Å². The molecule has 0 saturated carbocycles. The largest absolute Gasteiger partial charge is 0.494 e. The summed E-state index contributed by atoms with van der Waals surface area (Å²) in [5.41, 5.74) is 1.12. The van der Waals surface area contributed by atoms with Crippen molar-refractivity contribution in [2.24, 2.45) is 0 Å². The van der Waals surface area contributed by atoms with Crippen LogP contribution in [0.15, 0.2) is 78.9 Å². The van der Waals surface area contributed by atoms with E-state index in [1.165, 1.54) is 38.5 Å². The lowest BCUT2D eigenvalue weighted by Crippen LogP contribution is -2.40. The summed E-state index contributed by atoms with van der Waals surface area (Å²) in [5, 5.41) is 0. The summed E-state index contributed by atoms with van der Waals surface area (Å²) in [6.45, 7) is 4.38. The molecule has 0 aliphatic carbocycles. The number of para-hydroxylation sites is 1. The number of hydrogen-bond acceptors (Lipinski definition) is 8. The van der Waals surface area contributed by atoms with E-state index in [1.54, 1.807) is 32.0 Å². The van der Waals surface area contributed by atoms with Crippen molar-refractivity contribution in [3.8, 4) is 17.2 Å². The Morgan fingerprint density at radius 1 is 0.551 bits per heavy atom. The van der Waals surface area contributed by atoms with Crippen molar-refractivity contribution < 1.29 is 38.1 Å². The molecule has 0 fully saturated rings. The molecule has 0 aromatic heterocycles. The van der Waals surface area contributed by atoms with E-state index in [9.17, 15) is 14.4 Å². The van der Waals surface area contributed by atoms with Crippen LogP contribution in [0, 0.1) is 0 Å². The molecule has 9 heteroatoms. The fraction of sp³-hybridized carbons (Fsp3) is 0.475. The molecule has 0 heterocycles. The molecular weight excluding hydrogens is 622 g/mol. The number of esters is 2. The molecule has 0 N–H and O–H groups in total. The first kappa shape index (κ1) is 38.9. The molecule has 3 aromatic rings.